The number of rotatable bonds is 8. The third-order valence-corrected chi connectivity index (χ3v) is 11.1. The molecule has 1 saturated carbocycles. The average Bonchev–Trinajstić information content (AvgIpc) is 3.53. The first kappa shape index (κ1) is 33.7. The largest absolute Gasteiger partial charge is 0.442 e. The lowest BCUT2D eigenvalue weighted by atomic mass is 9.75. The van der Waals surface area contributed by atoms with Gasteiger partial charge in [-0.3, -0.25) is 9.69 Å². The summed E-state index contributed by atoms with van der Waals surface area (Å²) in [5, 5.41) is 3.87. The number of likely N-dealkylation sites (tertiary alicyclic amines) is 2. The van der Waals surface area contributed by atoms with E-state index in [0.29, 0.717) is 42.4 Å². The Kier molecular flexibility index (Phi) is 10.2. The van der Waals surface area contributed by atoms with Crippen molar-refractivity contribution in [1.29, 1.82) is 0 Å². The highest BCUT2D eigenvalue weighted by Crippen LogP contribution is 2.42. The van der Waals surface area contributed by atoms with Crippen LogP contribution in [0.3, 0.4) is 0 Å². The summed E-state index contributed by atoms with van der Waals surface area (Å²) < 4.78 is 63.0. The molecule has 3 saturated heterocycles. The first-order valence-electron chi connectivity index (χ1n) is 17.5. The van der Waals surface area contributed by atoms with E-state index in [1.807, 2.05) is 4.90 Å². The Labute approximate surface area is 274 Å². The zero-order chi connectivity index (χ0) is 33.2. The lowest BCUT2D eigenvalue weighted by molar-refractivity contribution is -0.143. The van der Waals surface area contributed by atoms with Crippen LogP contribution < -0.4 is 0 Å². The summed E-state index contributed by atoms with van der Waals surface area (Å²) in [7, 11) is 0. The van der Waals surface area contributed by atoms with Crippen molar-refractivity contribution in [3.05, 3.63) is 47.5 Å². The van der Waals surface area contributed by atoms with E-state index in [0.717, 1.165) is 76.6 Å². The predicted octanol–water partition coefficient (Wildman–Crippen LogP) is 7.31. The van der Waals surface area contributed by atoms with Gasteiger partial charge in [-0.05, 0) is 62.3 Å². The highest BCUT2D eigenvalue weighted by Gasteiger charge is 2.50. The molecule has 2 aromatic rings. The number of benzene rings is 1. The first-order chi connectivity index (χ1) is 22.6. The third kappa shape index (κ3) is 7.32. The molecule has 0 radical (unpaired) electrons. The van der Waals surface area contributed by atoms with Crippen LogP contribution in [0.2, 0.25) is 0 Å². The summed E-state index contributed by atoms with van der Waals surface area (Å²) >= 11 is 0. The maximum absolute atomic E-state index is 14.2. The maximum Gasteiger partial charge on any atom is 0.434 e. The summed E-state index contributed by atoms with van der Waals surface area (Å²) in [6.45, 7) is 6.04. The van der Waals surface area contributed by atoms with Crippen LogP contribution in [-0.4, -0.2) is 87.4 Å². The maximum atomic E-state index is 14.2. The lowest BCUT2D eigenvalue weighted by Gasteiger charge is -2.52. The number of hydrogen-bond donors (Lipinski definition) is 0. The van der Waals surface area contributed by atoms with Gasteiger partial charge in [0.2, 0.25) is 0 Å². The minimum absolute atomic E-state index is 0.0249. The van der Waals surface area contributed by atoms with E-state index in [4.69, 9.17) is 4.74 Å². The number of carbonyl (C=O) groups excluding carboxylic acids is 2. The molecule has 2 amide bonds. The standard InChI is InChI=1S/C35H47F4N5O3/c1-2-3-9-26-24-43(23-25-7-5-4-6-8-25)33(46)47-34(26)16-20-41(21-17-34)28-14-18-42(19-15-28)32(45)30-22-40-44(31(30)35(37,38)39)29-12-10-27(36)11-13-29/h10-13,22,25-26,28H,2-9,14-21,23-24H2,1H3. The number of aromatic nitrogens is 2. The predicted molar refractivity (Wildman–Crippen MR) is 169 cm³/mol. The zero-order valence-corrected chi connectivity index (χ0v) is 27.3. The summed E-state index contributed by atoms with van der Waals surface area (Å²) in [5.74, 6) is -0.399. The van der Waals surface area contributed by atoms with Crippen LogP contribution in [0.1, 0.15) is 100 Å². The van der Waals surface area contributed by atoms with Gasteiger partial charge < -0.3 is 14.5 Å². The summed E-state index contributed by atoms with van der Waals surface area (Å²) in [4.78, 5) is 32.6. The number of halogens is 4. The Balaban J connectivity index is 1.06. The molecule has 1 unspecified atom stereocenters. The second-order valence-corrected chi connectivity index (χ2v) is 14.0. The fourth-order valence-corrected chi connectivity index (χ4v) is 8.40. The molecule has 1 aromatic heterocycles. The van der Waals surface area contributed by atoms with Gasteiger partial charge in [-0.25, -0.2) is 13.9 Å². The number of piperidine rings is 2. The van der Waals surface area contributed by atoms with Gasteiger partial charge in [0.15, 0.2) is 5.69 Å². The van der Waals surface area contributed by atoms with Crippen molar-refractivity contribution in [2.24, 2.45) is 11.8 Å². The number of unbranched alkanes of at least 4 members (excludes halogenated alkanes) is 1. The van der Waals surface area contributed by atoms with E-state index in [9.17, 15) is 27.2 Å². The second-order valence-electron chi connectivity index (χ2n) is 14.0. The Morgan fingerprint density at radius 3 is 2.32 bits per heavy atom. The van der Waals surface area contributed by atoms with Crippen molar-refractivity contribution in [3.8, 4) is 5.69 Å². The second kappa shape index (κ2) is 14.1. The quantitative estimate of drug-likeness (QED) is 0.278. The number of ether oxygens (including phenoxy) is 1. The molecule has 8 nitrogen and oxygen atoms in total. The van der Waals surface area contributed by atoms with Gasteiger partial charge in [0.1, 0.15) is 11.4 Å². The molecule has 4 heterocycles. The molecule has 3 aliphatic heterocycles. The normalized spacial score (nSPS) is 23.3. The van der Waals surface area contributed by atoms with Gasteiger partial charge in [-0.1, -0.05) is 39.0 Å². The fraction of sp³-hybridized carbons (Fsp3) is 0.686. The molecule has 12 heteroatoms. The Morgan fingerprint density at radius 2 is 1.68 bits per heavy atom. The molecule has 0 N–H and O–H groups in total. The first-order valence-corrected chi connectivity index (χ1v) is 17.5. The number of alkyl halides is 3. The molecule has 1 aromatic carbocycles. The van der Waals surface area contributed by atoms with E-state index >= 15 is 0 Å². The fourth-order valence-electron chi connectivity index (χ4n) is 8.40. The Hall–Kier alpha value is -3.15. The molecule has 4 fully saturated rings. The molecule has 1 aliphatic carbocycles. The van der Waals surface area contributed by atoms with Gasteiger partial charge >= 0.3 is 12.3 Å². The topological polar surface area (TPSA) is 70.9 Å². The highest BCUT2D eigenvalue weighted by molar-refractivity contribution is 5.95. The lowest BCUT2D eigenvalue weighted by Crippen LogP contribution is -2.61. The monoisotopic (exact) mass is 661 g/mol. The number of nitrogens with zero attached hydrogens (tertiary/aromatic N) is 5. The molecular formula is C35H47F4N5O3. The smallest absolute Gasteiger partial charge is 0.434 e. The molecule has 0 bridgehead atoms. The van der Waals surface area contributed by atoms with Crippen molar-refractivity contribution >= 4 is 12.0 Å². The highest BCUT2D eigenvalue weighted by atomic mass is 19.4. The van der Waals surface area contributed by atoms with Crippen molar-refractivity contribution in [2.75, 3.05) is 39.3 Å². The number of amides is 2. The van der Waals surface area contributed by atoms with Crippen LogP contribution in [0.5, 0.6) is 0 Å². The van der Waals surface area contributed by atoms with Crippen molar-refractivity contribution in [2.45, 2.75) is 102 Å². The minimum atomic E-state index is -4.83. The van der Waals surface area contributed by atoms with Gasteiger partial charge in [-0.2, -0.15) is 18.3 Å². The molecule has 6 rings (SSSR count). The summed E-state index contributed by atoms with van der Waals surface area (Å²) in [5.41, 5.74) is -2.08. The Bertz CT molecular complexity index is 1370. The Morgan fingerprint density at radius 1 is 1.00 bits per heavy atom. The minimum Gasteiger partial charge on any atom is -0.442 e. The molecule has 4 aliphatic rings. The molecule has 258 valence electrons. The van der Waals surface area contributed by atoms with Crippen LogP contribution in [0.25, 0.3) is 5.69 Å². The van der Waals surface area contributed by atoms with Crippen molar-refractivity contribution in [3.63, 3.8) is 0 Å². The average molecular weight is 662 g/mol. The molecule has 47 heavy (non-hydrogen) atoms. The molecule has 1 spiro atoms. The van der Waals surface area contributed by atoms with Crippen LogP contribution in [0.15, 0.2) is 30.5 Å². The van der Waals surface area contributed by atoms with Gasteiger partial charge in [0.25, 0.3) is 5.91 Å². The number of hydrogen-bond acceptors (Lipinski definition) is 5. The molecular weight excluding hydrogens is 614 g/mol. The number of carbonyl (C=O) groups is 2. The van der Waals surface area contributed by atoms with Crippen LogP contribution >= 0.6 is 0 Å². The van der Waals surface area contributed by atoms with Gasteiger partial charge in [0.05, 0.1) is 17.4 Å². The third-order valence-electron chi connectivity index (χ3n) is 11.1. The van der Waals surface area contributed by atoms with E-state index < -0.39 is 34.8 Å². The van der Waals surface area contributed by atoms with E-state index in [1.54, 1.807) is 0 Å². The van der Waals surface area contributed by atoms with E-state index in [-0.39, 0.29) is 17.8 Å². The van der Waals surface area contributed by atoms with Crippen LogP contribution in [-0.2, 0) is 10.9 Å². The SMILES string of the molecule is CCCCC1CN(CC2CCCCC2)C(=O)OC12CCN(C1CCN(C(=O)c3cnn(-c4ccc(F)cc4)c3C(F)(F)F)CC1)CC2. The van der Waals surface area contributed by atoms with E-state index in [2.05, 4.69) is 16.9 Å². The van der Waals surface area contributed by atoms with Gasteiger partial charge in [0, 0.05) is 64.1 Å². The zero-order valence-electron chi connectivity index (χ0n) is 27.3. The summed E-state index contributed by atoms with van der Waals surface area (Å²) in [6.07, 6.45) is 8.25. The van der Waals surface area contributed by atoms with Crippen molar-refractivity contribution in [1.82, 2.24) is 24.5 Å². The summed E-state index contributed by atoms with van der Waals surface area (Å²) in [6, 6.07) is 4.73. The van der Waals surface area contributed by atoms with E-state index in [1.165, 1.54) is 49.1 Å². The van der Waals surface area contributed by atoms with Crippen molar-refractivity contribution < 1.29 is 31.9 Å². The molecule has 1 atom stereocenters. The van der Waals surface area contributed by atoms with Crippen LogP contribution in [0, 0.1) is 17.7 Å². The van der Waals surface area contributed by atoms with Crippen LogP contribution in [0.4, 0.5) is 22.4 Å². The van der Waals surface area contributed by atoms with Gasteiger partial charge in [-0.15, -0.1) is 0 Å².